The van der Waals surface area contributed by atoms with Crippen LogP contribution in [0.25, 0.3) is 0 Å². The summed E-state index contributed by atoms with van der Waals surface area (Å²) in [6.45, 7) is 0. The summed E-state index contributed by atoms with van der Waals surface area (Å²) < 4.78 is 14.6. The van der Waals surface area contributed by atoms with Gasteiger partial charge in [-0.25, -0.2) is 4.39 Å². The molecular formula is C11H5Br2FOS. The zero-order valence-electron chi connectivity index (χ0n) is 7.84. The molecule has 1 aromatic heterocycles. The van der Waals surface area contributed by atoms with Crippen LogP contribution in [0, 0.1) is 5.82 Å². The Bertz CT molecular complexity index is 531. The summed E-state index contributed by atoms with van der Waals surface area (Å²) in [6.07, 6.45) is 0. The molecule has 0 radical (unpaired) electrons. The summed E-state index contributed by atoms with van der Waals surface area (Å²) >= 11 is 7.95. The standard InChI is InChI=1S/C11H5Br2FOS/c12-8-5-9(16-11(8)13)10(15)6-2-1-3-7(14)4-6/h1-5H. The van der Waals surface area contributed by atoms with Crippen molar-refractivity contribution < 1.29 is 9.18 Å². The SMILES string of the molecule is O=C(c1cccc(F)c1)c1cc(Br)c(Br)s1. The minimum atomic E-state index is -0.402. The fourth-order valence-electron chi connectivity index (χ4n) is 1.23. The van der Waals surface area contributed by atoms with Crippen molar-refractivity contribution in [3.05, 3.63) is 54.8 Å². The summed E-state index contributed by atoms with van der Waals surface area (Å²) in [5.41, 5.74) is 0.362. The molecule has 0 amide bonds. The highest BCUT2D eigenvalue weighted by molar-refractivity contribution is 9.13. The molecule has 5 heteroatoms. The lowest BCUT2D eigenvalue weighted by Gasteiger charge is -1.97. The third-order valence-corrected chi connectivity index (χ3v) is 5.21. The maximum Gasteiger partial charge on any atom is 0.203 e. The van der Waals surface area contributed by atoms with Gasteiger partial charge in [-0.1, -0.05) is 12.1 Å². The first-order valence-corrected chi connectivity index (χ1v) is 6.73. The van der Waals surface area contributed by atoms with Crippen molar-refractivity contribution in [1.82, 2.24) is 0 Å². The summed E-state index contributed by atoms with van der Waals surface area (Å²) in [5.74, 6) is -0.573. The van der Waals surface area contributed by atoms with Gasteiger partial charge in [0.05, 0.1) is 8.66 Å². The molecule has 0 aliphatic carbocycles. The van der Waals surface area contributed by atoms with Gasteiger partial charge >= 0.3 is 0 Å². The monoisotopic (exact) mass is 362 g/mol. The van der Waals surface area contributed by atoms with Crippen LogP contribution in [0.3, 0.4) is 0 Å². The molecule has 0 bridgehead atoms. The first kappa shape index (κ1) is 12.0. The lowest BCUT2D eigenvalue weighted by Crippen LogP contribution is -1.98. The van der Waals surface area contributed by atoms with E-state index in [4.69, 9.17) is 0 Å². The number of rotatable bonds is 2. The molecule has 2 aromatic rings. The number of thiophene rings is 1. The number of carbonyl (C=O) groups excluding carboxylic acids is 1. The highest BCUT2D eigenvalue weighted by Crippen LogP contribution is 2.33. The number of carbonyl (C=O) groups is 1. The average molecular weight is 364 g/mol. The molecule has 0 atom stereocenters. The lowest BCUT2D eigenvalue weighted by atomic mass is 10.1. The van der Waals surface area contributed by atoms with Gasteiger partial charge in [-0.15, -0.1) is 11.3 Å². The molecule has 82 valence electrons. The quantitative estimate of drug-likeness (QED) is 0.710. The van der Waals surface area contributed by atoms with E-state index < -0.39 is 5.82 Å². The van der Waals surface area contributed by atoms with Gasteiger partial charge in [0.2, 0.25) is 5.78 Å². The summed E-state index contributed by atoms with van der Waals surface area (Å²) in [4.78, 5) is 12.5. The molecule has 16 heavy (non-hydrogen) atoms. The zero-order chi connectivity index (χ0) is 11.7. The van der Waals surface area contributed by atoms with E-state index in [2.05, 4.69) is 31.9 Å². The van der Waals surface area contributed by atoms with Crippen molar-refractivity contribution in [2.45, 2.75) is 0 Å². The van der Waals surface area contributed by atoms with E-state index in [1.807, 2.05) is 0 Å². The minimum absolute atomic E-state index is 0.170. The number of ketones is 1. The normalized spacial score (nSPS) is 10.4. The Morgan fingerprint density at radius 1 is 1.25 bits per heavy atom. The van der Waals surface area contributed by atoms with Crippen molar-refractivity contribution in [3.63, 3.8) is 0 Å². The minimum Gasteiger partial charge on any atom is -0.288 e. The molecule has 0 N–H and O–H groups in total. The van der Waals surface area contributed by atoms with Gasteiger partial charge in [-0.2, -0.15) is 0 Å². The second-order valence-electron chi connectivity index (χ2n) is 3.07. The second-order valence-corrected chi connectivity index (χ2v) is 6.30. The van der Waals surface area contributed by atoms with Crippen LogP contribution in [0.4, 0.5) is 4.39 Å². The Balaban J connectivity index is 2.39. The van der Waals surface area contributed by atoms with Crippen LogP contribution < -0.4 is 0 Å². The highest BCUT2D eigenvalue weighted by Gasteiger charge is 2.14. The molecule has 0 aliphatic rings. The van der Waals surface area contributed by atoms with E-state index in [0.717, 1.165) is 8.26 Å². The smallest absolute Gasteiger partial charge is 0.203 e. The summed E-state index contributed by atoms with van der Waals surface area (Å²) in [6, 6.07) is 7.41. The second kappa shape index (κ2) is 4.77. The molecular weight excluding hydrogens is 359 g/mol. The van der Waals surface area contributed by atoms with Crippen molar-refractivity contribution in [3.8, 4) is 0 Å². The third kappa shape index (κ3) is 2.42. The van der Waals surface area contributed by atoms with Gasteiger partial charge in [0.15, 0.2) is 0 Å². The van der Waals surface area contributed by atoms with Gasteiger partial charge in [0, 0.05) is 10.0 Å². The lowest BCUT2D eigenvalue weighted by molar-refractivity contribution is 0.104. The maximum absolute atomic E-state index is 13.0. The fraction of sp³-hybridized carbons (Fsp3) is 0. The van der Waals surface area contributed by atoms with Crippen molar-refractivity contribution in [1.29, 1.82) is 0 Å². The number of benzene rings is 1. The summed E-state index contributed by atoms with van der Waals surface area (Å²) in [7, 11) is 0. The molecule has 1 aromatic carbocycles. The van der Waals surface area contributed by atoms with Crippen LogP contribution in [-0.4, -0.2) is 5.78 Å². The predicted octanol–water partition coefficient (Wildman–Crippen LogP) is 4.64. The van der Waals surface area contributed by atoms with Crippen molar-refractivity contribution >= 4 is 49.0 Å². The Morgan fingerprint density at radius 3 is 2.56 bits per heavy atom. The molecule has 1 nitrogen and oxygen atoms in total. The van der Waals surface area contributed by atoms with Crippen LogP contribution >= 0.6 is 43.2 Å². The molecule has 0 saturated heterocycles. The van der Waals surface area contributed by atoms with Crippen LogP contribution in [0.1, 0.15) is 15.2 Å². The Kier molecular flexibility index (Phi) is 3.56. The number of hydrogen-bond acceptors (Lipinski definition) is 2. The van der Waals surface area contributed by atoms with Gasteiger partial charge in [0.25, 0.3) is 0 Å². The van der Waals surface area contributed by atoms with Gasteiger partial charge in [-0.05, 0) is 50.1 Å². The molecule has 1 heterocycles. The van der Waals surface area contributed by atoms with E-state index in [1.54, 1.807) is 12.1 Å². The van der Waals surface area contributed by atoms with Gasteiger partial charge < -0.3 is 0 Å². The Morgan fingerprint density at radius 2 is 2.00 bits per heavy atom. The molecule has 0 fully saturated rings. The fourth-order valence-corrected chi connectivity index (χ4v) is 3.23. The number of halogens is 3. The molecule has 0 saturated carbocycles. The zero-order valence-corrected chi connectivity index (χ0v) is 11.8. The predicted molar refractivity (Wildman–Crippen MR) is 69.6 cm³/mol. The molecule has 0 spiro atoms. The van der Waals surface area contributed by atoms with Crippen LogP contribution in [0.15, 0.2) is 38.6 Å². The van der Waals surface area contributed by atoms with E-state index in [9.17, 15) is 9.18 Å². The first-order chi connectivity index (χ1) is 7.58. The third-order valence-electron chi connectivity index (χ3n) is 1.96. The average Bonchev–Trinajstić information content (AvgIpc) is 2.58. The molecule has 0 aliphatic heterocycles. The van der Waals surface area contributed by atoms with Crippen molar-refractivity contribution in [2.75, 3.05) is 0 Å². The van der Waals surface area contributed by atoms with Crippen LogP contribution in [-0.2, 0) is 0 Å². The van der Waals surface area contributed by atoms with E-state index in [-0.39, 0.29) is 5.78 Å². The van der Waals surface area contributed by atoms with E-state index in [1.165, 1.54) is 29.5 Å². The Labute approximate surface area is 113 Å². The van der Waals surface area contributed by atoms with Gasteiger partial charge in [0.1, 0.15) is 5.82 Å². The largest absolute Gasteiger partial charge is 0.288 e. The highest BCUT2D eigenvalue weighted by atomic mass is 79.9. The number of hydrogen-bond donors (Lipinski definition) is 0. The topological polar surface area (TPSA) is 17.1 Å². The van der Waals surface area contributed by atoms with Crippen molar-refractivity contribution in [2.24, 2.45) is 0 Å². The Hall–Kier alpha value is -0.520. The van der Waals surface area contributed by atoms with Gasteiger partial charge in [-0.3, -0.25) is 4.79 Å². The van der Waals surface area contributed by atoms with Crippen LogP contribution in [0.2, 0.25) is 0 Å². The first-order valence-electron chi connectivity index (χ1n) is 4.33. The molecule has 2 rings (SSSR count). The van der Waals surface area contributed by atoms with E-state index >= 15 is 0 Å². The van der Waals surface area contributed by atoms with E-state index in [0.29, 0.717) is 10.4 Å². The summed E-state index contributed by atoms with van der Waals surface area (Å²) in [5, 5.41) is 0. The van der Waals surface area contributed by atoms with Crippen LogP contribution in [0.5, 0.6) is 0 Å². The molecule has 0 unspecified atom stereocenters. The maximum atomic E-state index is 13.0.